The number of carbonyl (C=O) groups is 2. The Hall–Kier alpha value is -0.960. The Morgan fingerprint density at radius 1 is 1.11 bits per heavy atom. The summed E-state index contributed by atoms with van der Waals surface area (Å²) in [5, 5.41) is 0. The molecule has 2 unspecified atom stereocenters. The minimum absolute atomic E-state index is 0.00646. The van der Waals surface area contributed by atoms with E-state index in [9.17, 15) is 9.59 Å². The second-order valence-corrected chi connectivity index (χ2v) is 7.52. The Balaban J connectivity index is 0.000000141. The van der Waals surface area contributed by atoms with E-state index in [2.05, 4.69) is 27.7 Å². The Morgan fingerprint density at radius 2 is 1.79 bits per heavy atom. The van der Waals surface area contributed by atoms with Crippen LogP contribution in [0.5, 0.6) is 0 Å². The zero-order chi connectivity index (χ0) is 14.3. The van der Waals surface area contributed by atoms with Crippen LogP contribution in [0, 0.1) is 10.8 Å². The fourth-order valence-corrected chi connectivity index (χ4v) is 2.88. The summed E-state index contributed by atoms with van der Waals surface area (Å²) in [5.74, 6) is 0.576. The third-order valence-corrected chi connectivity index (χ3v) is 3.93. The van der Waals surface area contributed by atoms with Gasteiger partial charge in [-0.3, -0.25) is 9.59 Å². The highest BCUT2D eigenvalue weighted by molar-refractivity contribution is 5.90. The maximum atomic E-state index is 11.1. The zero-order valence-corrected chi connectivity index (χ0v) is 12.4. The smallest absolute Gasteiger partial charge is 0.164 e. The van der Waals surface area contributed by atoms with Crippen LogP contribution in [-0.4, -0.2) is 23.8 Å². The minimum atomic E-state index is -0.00646. The maximum Gasteiger partial charge on any atom is 0.164 e. The molecule has 1 saturated heterocycles. The molecule has 3 aliphatic rings. The van der Waals surface area contributed by atoms with Gasteiger partial charge in [-0.05, 0) is 29.7 Å². The molecule has 0 aromatic carbocycles. The highest BCUT2D eigenvalue weighted by Crippen LogP contribution is 2.43. The molecule has 2 fully saturated rings. The number of ketones is 2. The van der Waals surface area contributed by atoms with E-state index in [4.69, 9.17) is 4.74 Å². The third-order valence-electron chi connectivity index (χ3n) is 3.93. The first-order valence-corrected chi connectivity index (χ1v) is 7.06. The van der Waals surface area contributed by atoms with Crippen molar-refractivity contribution in [3.63, 3.8) is 0 Å². The van der Waals surface area contributed by atoms with Gasteiger partial charge in [0.2, 0.25) is 0 Å². The molecule has 0 N–H and O–H groups in total. The van der Waals surface area contributed by atoms with Gasteiger partial charge in [0.15, 0.2) is 11.6 Å². The van der Waals surface area contributed by atoms with Gasteiger partial charge in [0.25, 0.3) is 0 Å². The van der Waals surface area contributed by atoms with Crippen molar-refractivity contribution in [1.82, 2.24) is 0 Å². The van der Waals surface area contributed by atoms with Crippen LogP contribution in [0.25, 0.3) is 0 Å². The standard InChI is InChI=1S/C8H12O2.C8H12O/c1-8(2)3-5(9)7-6(4-8)10-7;1-8(2)5-3-4-7(9)6-8/h6-7H,3-4H2,1-2H3;3-4H,5-6H2,1-2H3. The van der Waals surface area contributed by atoms with Crippen molar-refractivity contribution in [2.75, 3.05) is 0 Å². The molecule has 19 heavy (non-hydrogen) atoms. The normalized spacial score (nSPS) is 34.1. The number of epoxide rings is 1. The molecule has 106 valence electrons. The van der Waals surface area contributed by atoms with Crippen molar-refractivity contribution in [2.45, 2.75) is 65.6 Å². The second-order valence-electron chi connectivity index (χ2n) is 7.52. The van der Waals surface area contributed by atoms with Gasteiger partial charge in [0, 0.05) is 12.8 Å². The highest BCUT2D eigenvalue weighted by Gasteiger charge is 2.52. The molecule has 3 heteroatoms. The number of carbonyl (C=O) groups excluding carboxylic acids is 2. The number of Topliss-reactive ketones (excluding diaryl/α,β-unsaturated/α-hetero) is 1. The van der Waals surface area contributed by atoms with Crippen LogP contribution in [-0.2, 0) is 14.3 Å². The van der Waals surface area contributed by atoms with Crippen LogP contribution >= 0.6 is 0 Å². The van der Waals surface area contributed by atoms with Gasteiger partial charge in [-0.15, -0.1) is 0 Å². The van der Waals surface area contributed by atoms with Gasteiger partial charge >= 0.3 is 0 Å². The largest absolute Gasteiger partial charge is 0.361 e. The summed E-state index contributed by atoms with van der Waals surface area (Å²) >= 11 is 0. The van der Waals surface area contributed by atoms with Crippen molar-refractivity contribution >= 4 is 11.6 Å². The van der Waals surface area contributed by atoms with Gasteiger partial charge in [-0.2, -0.15) is 0 Å². The van der Waals surface area contributed by atoms with E-state index < -0.39 is 0 Å². The molecule has 1 aliphatic heterocycles. The van der Waals surface area contributed by atoms with Crippen LogP contribution in [0.4, 0.5) is 0 Å². The van der Waals surface area contributed by atoms with Gasteiger partial charge in [0.05, 0.1) is 6.10 Å². The maximum absolute atomic E-state index is 11.1. The molecule has 0 spiro atoms. The molecule has 0 aromatic heterocycles. The molecule has 3 nitrogen and oxygen atoms in total. The number of hydrogen-bond donors (Lipinski definition) is 0. The van der Waals surface area contributed by atoms with Gasteiger partial charge in [-0.1, -0.05) is 33.8 Å². The predicted molar refractivity (Wildman–Crippen MR) is 73.8 cm³/mol. The van der Waals surface area contributed by atoms with Crippen LogP contribution in [0.15, 0.2) is 12.2 Å². The molecule has 0 bridgehead atoms. The topological polar surface area (TPSA) is 46.7 Å². The minimum Gasteiger partial charge on any atom is -0.361 e. The molecule has 3 rings (SSSR count). The molecule has 0 amide bonds. The number of fused-ring (bicyclic) bond motifs is 1. The Bertz CT molecular complexity index is 418. The van der Waals surface area contributed by atoms with E-state index >= 15 is 0 Å². The first kappa shape index (κ1) is 14.4. The fraction of sp³-hybridized carbons (Fsp3) is 0.750. The summed E-state index contributed by atoms with van der Waals surface area (Å²) < 4.78 is 5.18. The van der Waals surface area contributed by atoms with Crippen LogP contribution < -0.4 is 0 Å². The van der Waals surface area contributed by atoms with E-state index in [1.807, 2.05) is 6.08 Å². The lowest BCUT2D eigenvalue weighted by Crippen LogP contribution is -2.28. The molecule has 0 radical (unpaired) electrons. The van der Waals surface area contributed by atoms with Crippen molar-refractivity contribution < 1.29 is 14.3 Å². The number of rotatable bonds is 0. The molecule has 0 aromatic rings. The highest BCUT2D eigenvalue weighted by atomic mass is 16.6. The molecule has 2 atom stereocenters. The average molecular weight is 264 g/mol. The van der Waals surface area contributed by atoms with E-state index in [0.29, 0.717) is 18.6 Å². The summed E-state index contributed by atoms with van der Waals surface area (Å²) in [6, 6.07) is 0. The Morgan fingerprint density at radius 3 is 2.26 bits per heavy atom. The first-order valence-electron chi connectivity index (χ1n) is 7.06. The number of ether oxygens (including phenoxy) is 1. The van der Waals surface area contributed by atoms with Crippen molar-refractivity contribution in [3.8, 4) is 0 Å². The quantitative estimate of drug-likeness (QED) is 0.632. The van der Waals surface area contributed by atoms with Gasteiger partial charge in [0.1, 0.15) is 6.10 Å². The molecular formula is C16H24O3. The third kappa shape index (κ3) is 4.00. The molecule has 1 saturated carbocycles. The summed E-state index contributed by atoms with van der Waals surface area (Å²) in [6.45, 7) is 8.49. The van der Waals surface area contributed by atoms with E-state index in [-0.39, 0.29) is 28.8 Å². The summed E-state index contributed by atoms with van der Waals surface area (Å²) in [4.78, 5) is 21.9. The van der Waals surface area contributed by atoms with E-state index in [1.54, 1.807) is 6.08 Å². The van der Waals surface area contributed by atoms with Crippen molar-refractivity contribution in [2.24, 2.45) is 10.8 Å². The number of hydrogen-bond acceptors (Lipinski definition) is 3. The Kier molecular flexibility index (Phi) is 3.69. The lowest BCUT2D eigenvalue weighted by Gasteiger charge is -2.25. The van der Waals surface area contributed by atoms with Gasteiger partial charge in [-0.25, -0.2) is 0 Å². The molecule has 1 heterocycles. The monoisotopic (exact) mass is 264 g/mol. The lowest BCUT2D eigenvalue weighted by atomic mass is 9.77. The van der Waals surface area contributed by atoms with Crippen LogP contribution in [0.2, 0.25) is 0 Å². The zero-order valence-electron chi connectivity index (χ0n) is 12.4. The Labute approximate surface area is 115 Å². The summed E-state index contributed by atoms with van der Waals surface area (Å²) in [7, 11) is 0. The van der Waals surface area contributed by atoms with Crippen LogP contribution in [0.3, 0.4) is 0 Å². The summed E-state index contributed by atoms with van der Waals surface area (Å²) in [6.07, 6.45) is 7.43. The average Bonchev–Trinajstić information content (AvgIpc) is 2.93. The van der Waals surface area contributed by atoms with Crippen molar-refractivity contribution in [3.05, 3.63) is 12.2 Å². The van der Waals surface area contributed by atoms with E-state index in [1.165, 1.54) is 0 Å². The fourth-order valence-electron chi connectivity index (χ4n) is 2.88. The summed E-state index contributed by atoms with van der Waals surface area (Å²) in [5.41, 5.74) is 0.403. The van der Waals surface area contributed by atoms with Crippen molar-refractivity contribution in [1.29, 1.82) is 0 Å². The van der Waals surface area contributed by atoms with E-state index in [0.717, 1.165) is 12.8 Å². The van der Waals surface area contributed by atoms with Crippen LogP contribution in [0.1, 0.15) is 53.4 Å². The predicted octanol–water partition coefficient (Wildman–Crippen LogP) is 3.07. The first-order chi connectivity index (χ1) is 8.69. The lowest BCUT2D eigenvalue weighted by molar-refractivity contribution is -0.122. The number of allylic oxidation sites excluding steroid dienone is 2. The molecule has 2 aliphatic carbocycles. The molecular weight excluding hydrogens is 240 g/mol. The van der Waals surface area contributed by atoms with Gasteiger partial charge < -0.3 is 4.74 Å². The second kappa shape index (κ2) is 4.86. The SMILES string of the molecule is CC1(C)CC(=O)C2OC2C1.CC1(C)CC=CC(=O)C1.